The van der Waals surface area contributed by atoms with Crippen LogP contribution in [0.15, 0.2) is 53.5 Å². The summed E-state index contributed by atoms with van der Waals surface area (Å²) in [5.74, 6) is 0.347. The number of nitrogens with two attached hydrogens (primary N) is 1. The van der Waals surface area contributed by atoms with Gasteiger partial charge in [0.05, 0.1) is 11.1 Å². The SMILES string of the molecule is C[C@@H](N)[C@]1(c2ccc(F)cc2)CC[C@@H](Oc2cc3cc[nH]c(=O)c3cc2Cl)CC1. The summed E-state index contributed by atoms with van der Waals surface area (Å²) in [6.07, 6.45) is 4.98. The summed E-state index contributed by atoms with van der Waals surface area (Å²) in [5, 5.41) is 1.76. The third kappa shape index (κ3) is 3.77. The van der Waals surface area contributed by atoms with Gasteiger partial charge in [0.15, 0.2) is 0 Å². The summed E-state index contributed by atoms with van der Waals surface area (Å²) >= 11 is 6.38. The van der Waals surface area contributed by atoms with E-state index in [1.54, 1.807) is 12.3 Å². The fourth-order valence-corrected chi connectivity index (χ4v) is 4.68. The number of rotatable bonds is 4. The molecule has 4 rings (SSSR count). The number of fused-ring (bicyclic) bond motifs is 1. The van der Waals surface area contributed by atoms with Crippen LogP contribution in [0.5, 0.6) is 5.75 Å². The van der Waals surface area contributed by atoms with Crippen molar-refractivity contribution in [2.24, 2.45) is 5.73 Å². The third-order valence-corrected chi connectivity index (χ3v) is 6.53. The molecule has 0 spiro atoms. The minimum atomic E-state index is -0.240. The molecule has 0 unspecified atom stereocenters. The number of pyridine rings is 1. The molecular weight excluding hydrogens is 391 g/mol. The molecule has 0 aliphatic heterocycles. The normalized spacial score (nSPS) is 23.1. The van der Waals surface area contributed by atoms with Crippen LogP contribution in [0.3, 0.4) is 0 Å². The van der Waals surface area contributed by atoms with Crippen molar-refractivity contribution in [2.75, 3.05) is 0 Å². The van der Waals surface area contributed by atoms with Crippen LogP contribution in [-0.4, -0.2) is 17.1 Å². The topological polar surface area (TPSA) is 68.1 Å². The van der Waals surface area contributed by atoms with Crippen LogP contribution in [0, 0.1) is 5.82 Å². The largest absolute Gasteiger partial charge is 0.489 e. The van der Waals surface area contributed by atoms with Gasteiger partial charge >= 0.3 is 0 Å². The molecule has 0 saturated heterocycles. The first kappa shape index (κ1) is 19.9. The van der Waals surface area contributed by atoms with Crippen molar-refractivity contribution in [2.45, 2.75) is 50.2 Å². The Labute approximate surface area is 173 Å². The van der Waals surface area contributed by atoms with E-state index in [1.807, 2.05) is 31.2 Å². The van der Waals surface area contributed by atoms with Gasteiger partial charge in [0.2, 0.25) is 0 Å². The predicted octanol–water partition coefficient (Wildman–Crippen LogP) is 4.93. The second-order valence-electron chi connectivity index (χ2n) is 7.95. The summed E-state index contributed by atoms with van der Waals surface area (Å²) in [4.78, 5) is 14.6. The molecule has 1 aliphatic carbocycles. The number of aromatic nitrogens is 1. The Morgan fingerprint density at radius 3 is 2.55 bits per heavy atom. The molecule has 29 heavy (non-hydrogen) atoms. The van der Waals surface area contributed by atoms with Crippen molar-refractivity contribution in [3.05, 3.63) is 75.4 Å². The molecule has 3 aromatic rings. The van der Waals surface area contributed by atoms with Crippen molar-refractivity contribution in [3.63, 3.8) is 0 Å². The van der Waals surface area contributed by atoms with Crippen LogP contribution in [0.1, 0.15) is 38.2 Å². The van der Waals surface area contributed by atoms with Gasteiger partial charge < -0.3 is 15.5 Å². The van der Waals surface area contributed by atoms with E-state index in [0.717, 1.165) is 36.6 Å². The zero-order valence-corrected chi connectivity index (χ0v) is 17.0. The molecular formula is C23H24ClFN2O2. The second-order valence-corrected chi connectivity index (χ2v) is 8.35. The lowest BCUT2D eigenvalue weighted by Crippen LogP contribution is -2.47. The maximum Gasteiger partial charge on any atom is 0.255 e. The van der Waals surface area contributed by atoms with E-state index < -0.39 is 0 Å². The third-order valence-electron chi connectivity index (χ3n) is 6.24. The molecule has 1 aliphatic rings. The Bertz CT molecular complexity index is 1070. The summed E-state index contributed by atoms with van der Waals surface area (Å²) in [5.41, 5.74) is 7.10. The van der Waals surface area contributed by atoms with E-state index in [2.05, 4.69) is 4.98 Å². The molecule has 0 radical (unpaired) electrons. The van der Waals surface area contributed by atoms with Crippen LogP contribution in [0.2, 0.25) is 5.02 Å². The molecule has 0 bridgehead atoms. The molecule has 152 valence electrons. The number of hydrogen-bond donors (Lipinski definition) is 2. The van der Waals surface area contributed by atoms with Gasteiger partial charge in [-0.2, -0.15) is 0 Å². The lowest BCUT2D eigenvalue weighted by atomic mass is 9.65. The van der Waals surface area contributed by atoms with Gasteiger partial charge in [0, 0.05) is 23.0 Å². The zero-order valence-electron chi connectivity index (χ0n) is 16.3. The van der Waals surface area contributed by atoms with Gasteiger partial charge in [-0.1, -0.05) is 23.7 Å². The number of halogens is 2. The van der Waals surface area contributed by atoms with E-state index in [4.69, 9.17) is 22.1 Å². The number of hydrogen-bond acceptors (Lipinski definition) is 3. The molecule has 1 aromatic heterocycles. The second kappa shape index (κ2) is 7.81. The maximum absolute atomic E-state index is 13.4. The zero-order chi connectivity index (χ0) is 20.6. The van der Waals surface area contributed by atoms with Crippen molar-refractivity contribution >= 4 is 22.4 Å². The summed E-state index contributed by atoms with van der Waals surface area (Å²) in [7, 11) is 0. The summed E-state index contributed by atoms with van der Waals surface area (Å²) < 4.78 is 19.6. The predicted molar refractivity (Wildman–Crippen MR) is 114 cm³/mol. The quantitative estimate of drug-likeness (QED) is 0.636. The first-order chi connectivity index (χ1) is 13.9. The average molecular weight is 415 g/mol. The Kier molecular flexibility index (Phi) is 5.36. The first-order valence-electron chi connectivity index (χ1n) is 9.88. The Balaban J connectivity index is 1.53. The van der Waals surface area contributed by atoms with Crippen molar-refractivity contribution in [1.82, 2.24) is 4.98 Å². The van der Waals surface area contributed by atoms with E-state index in [-0.39, 0.29) is 28.9 Å². The molecule has 1 heterocycles. The smallest absolute Gasteiger partial charge is 0.255 e. The van der Waals surface area contributed by atoms with Crippen LogP contribution < -0.4 is 16.0 Å². The molecule has 6 heteroatoms. The lowest BCUT2D eigenvalue weighted by Gasteiger charge is -2.43. The van der Waals surface area contributed by atoms with Crippen LogP contribution in [0.25, 0.3) is 10.8 Å². The highest BCUT2D eigenvalue weighted by Gasteiger charge is 2.40. The molecule has 1 saturated carbocycles. The van der Waals surface area contributed by atoms with E-state index in [0.29, 0.717) is 16.2 Å². The highest BCUT2D eigenvalue weighted by atomic mass is 35.5. The van der Waals surface area contributed by atoms with Gasteiger partial charge in [-0.3, -0.25) is 4.79 Å². The summed E-state index contributed by atoms with van der Waals surface area (Å²) in [6.45, 7) is 2.02. The number of ether oxygens (including phenoxy) is 1. The number of benzene rings is 2. The maximum atomic E-state index is 13.4. The van der Waals surface area contributed by atoms with Crippen molar-refractivity contribution in [1.29, 1.82) is 0 Å². The molecule has 3 N–H and O–H groups in total. The highest BCUT2D eigenvalue weighted by molar-refractivity contribution is 6.32. The van der Waals surface area contributed by atoms with Crippen molar-refractivity contribution in [3.8, 4) is 5.75 Å². The van der Waals surface area contributed by atoms with Gasteiger partial charge in [0.25, 0.3) is 5.56 Å². The standard InChI is InChI=1S/C23H24ClFN2O2/c1-14(26)23(16-2-4-17(25)5-3-16)9-6-18(7-10-23)29-21-12-15-8-11-27-22(28)19(15)13-20(21)24/h2-5,8,11-14,18H,6-7,9-10,26H2,1H3,(H,27,28)/t14-,18-,23+/m1/s1. The monoisotopic (exact) mass is 414 g/mol. The lowest BCUT2D eigenvalue weighted by molar-refractivity contribution is 0.107. The summed E-state index contributed by atoms with van der Waals surface area (Å²) in [6, 6.07) is 11.9. The van der Waals surface area contributed by atoms with Gasteiger partial charge in [-0.25, -0.2) is 4.39 Å². The van der Waals surface area contributed by atoms with Gasteiger partial charge in [-0.05, 0) is 73.9 Å². The fourth-order valence-electron chi connectivity index (χ4n) is 4.47. The minimum absolute atomic E-state index is 0.0132. The minimum Gasteiger partial charge on any atom is -0.489 e. The highest BCUT2D eigenvalue weighted by Crippen LogP contribution is 2.43. The van der Waals surface area contributed by atoms with E-state index >= 15 is 0 Å². The van der Waals surface area contributed by atoms with E-state index in [1.165, 1.54) is 12.1 Å². The fraction of sp³-hybridized carbons (Fsp3) is 0.348. The van der Waals surface area contributed by atoms with Crippen LogP contribution in [-0.2, 0) is 5.41 Å². The van der Waals surface area contributed by atoms with Gasteiger partial charge in [0.1, 0.15) is 11.6 Å². The number of nitrogens with one attached hydrogen (secondary N) is 1. The molecule has 2 aromatic carbocycles. The first-order valence-corrected chi connectivity index (χ1v) is 10.3. The molecule has 4 nitrogen and oxygen atoms in total. The Hall–Kier alpha value is -2.37. The Morgan fingerprint density at radius 2 is 1.90 bits per heavy atom. The average Bonchev–Trinajstić information content (AvgIpc) is 2.70. The molecule has 0 amide bonds. The van der Waals surface area contributed by atoms with Crippen LogP contribution >= 0.6 is 11.6 Å². The molecule has 1 atom stereocenters. The molecule has 1 fully saturated rings. The van der Waals surface area contributed by atoms with Crippen molar-refractivity contribution < 1.29 is 9.13 Å². The van der Waals surface area contributed by atoms with E-state index in [9.17, 15) is 9.18 Å². The number of H-pyrrole nitrogens is 1. The van der Waals surface area contributed by atoms with Gasteiger partial charge in [-0.15, -0.1) is 0 Å². The number of aromatic amines is 1. The van der Waals surface area contributed by atoms with Crippen LogP contribution in [0.4, 0.5) is 4.39 Å². The Morgan fingerprint density at radius 1 is 1.21 bits per heavy atom.